The number of aromatic nitrogens is 2. The molecule has 1 aliphatic carbocycles. The molecule has 0 atom stereocenters. The molecule has 7 heteroatoms. The smallest absolute Gasteiger partial charge is 0.263 e. The van der Waals surface area contributed by atoms with Gasteiger partial charge in [-0.2, -0.15) is 0 Å². The molecule has 0 N–H and O–H groups in total. The minimum atomic E-state index is -0.0237. The summed E-state index contributed by atoms with van der Waals surface area (Å²) < 4.78 is 1.65. The Bertz CT molecular complexity index is 923. The highest BCUT2D eigenvalue weighted by molar-refractivity contribution is 7.18. The van der Waals surface area contributed by atoms with Gasteiger partial charge in [0, 0.05) is 18.0 Å². The predicted octanol–water partition coefficient (Wildman–Crippen LogP) is 2.80. The van der Waals surface area contributed by atoms with Crippen molar-refractivity contribution in [3.8, 4) is 0 Å². The largest absolute Gasteiger partial charge is 0.341 e. The molecule has 3 heterocycles. The summed E-state index contributed by atoms with van der Waals surface area (Å²) in [5, 5.41) is 0.769. The normalized spacial score (nSPS) is 17.8. The van der Waals surface area contributed by atoms with Crippen LogP contribution in [0.2, 0.25) is 0 Å². The molecular formula is C21H30N4O2S. The fourth-order valence-corrected chi connectivity index (χ4v) is 5.67. The minimum Gasteiger partial charge on any atom is -0.341 e. The molecular weight excluding hydrogens is 372 g/mol. The van der Waals surface area contributed by atoms with Crippen LogP contribution in [0, 0.1) is 0 Å². The molecule has 0 spiro atoms. The van der Waals surface area contributed by atoms with E-state index in [4.69, 9.17) is 4.98 Å². The Morgan fingerprint density at radius 3 is 2.50 bits per heavy atom. The molecule has 4 rings (SSSR count). The van der Waals surface area contributed by atoms with Crippen LogP contribution in [0.25, 0.3) is 10.2 Å². The fourth-order valence-electron chi connectivity index (χ4n) is 4.40. The maximum absolute atomic E-state index is 13.5. The molecule has 0 aromatic carbocycles. The number of carbonyl (C=O) groups excluding carboxylic acids is 1. The molecule has 2 aromatic rings. The van der Waals surface area contributed by atoms with E-state index < -0.39 is 0 Å². The monoisotopic (exact) mass is 402 g/mol. The summed E-state index contributed by atoms with van der Waals surface area (Å²) in [5.41, 5.74) is 1.17. The number of amides is 1. The standard InChI is InChI=1S/C21H30N4O2S/c1-23(2)13-17-22-20-19(15-9-5-6-10-16(15)28-20)21(27)25(17)14-18(26)24-11-7-3-4-8-12-24/h3-14H2,1-2H3. The van der Waals surface area contributed by atoms with E-state index >= 15 is 0 Å². The second kappa shape index (κ2) is 8.33. The zero-order valence-electron chi connectivity index (χ0n) is 17.0. The van der Waals surface area contributed by atoms with Crippen molar-refractivity contribution in [2.45, 2.75) is 64.5 Å². The van der Waals surface area contributed by atoms with Gasteiger partial charge in [-0.25, -0.2) is 4.98 Å². The van der Waals surface area contributed by atoms with E-state index in [2.05, 4.69) is 0 Å². The number of carbonyl (C=O) groups is 1. The lowest BCUT2D eigenvalue weighted by Crippen LogP contribution is -2.39. The van der Waals surface area contributed by atoms with Crippen LogP contribution < -0.4 is 5.56 Å². The summed E-state index contributed by atoms with van der Waals surface area (Å²) >= 11 is 1.68. The summed E-state index contributed by atoms with van der Waals surface area (Å²) in [6.07, 6.45) is 8.80. The number of aryl methyl sites for hydroxylation is 2. The van der Waals surface area contributed by atoms with Crippen LogP contribution in [0.1, 0.15) is 54.8 Å². The summed E-state index contributed by atoms with van der Waals surface area (Å²) in [6.45, 7) is 2.27. The molecule has 0 radical (unpaired) electrons. The second-order valence-corrected chi connectivity index (χ2v) is 9.43. The van der Waals surface area contributed by atoms with Gasteiger partial charge in [0.1, 0.15) is 17.2 Å². The zero-order chi connectivity index (χ0) is 19.7. The molecule has 1 saturated heterocycles. The number of likely N-dealkylation sites (tertiary alicyclic amines) is 1. The lowest BCUT2D eigenvalue weighted by atomic mass is 9.97. The van der Waals surface area contributed by atoms with Gasteiger partial charge in [-0.05, 0) is 58.2 Å². The molecule has 152 valence electrons. The molecule has 1 fully saturated rings. The summed E-state index contributed by atoms with van der Waals surface area (Å²) in [6, 6.07) is 0. The Kier molecular flexibility index (Phi) is 5.83. The van der Waals surface area contributed by atoms with Crippen molar-refractivity contribution in [2.24, 2.45) is 0 Å². The van der Waals surface area contributed by atoms with Gasteiger partial charge in [0.2, 0.25) is 5.91 Å². The first kappa shape index (κ1) is 19.6. The van der Waals surface area contributed by atoms with Crippen molar-refractivity contribution in [2.75, 3.05) is 27.2 Å². The first-order chi connectivity index (χ1) is 13.5. The molecule has 0 bridgehead atoms. The number of hydrogen-bond acceptors (Lipinski definition) is 5. The number of rotatable bonds is 4. The van der Waals surface area contributed by atoms with Crippen LogP contribution >= 0.6 is 11.3 Å². The van der Waals surface area contributed by atoms with Gasteiger partial charge >= 0.3 is 0 Å². The minimum absolute atomic E-state index is 0.0237. The van der Waals surface area contributed by atoms with Gasteiger partial charge in [0.05, 0.1) is 11.9 Å². The highest BCUT2D eigenvalue weighted by atomic mass is 32.1. The molecule has 6 nitrogen and oxygen atoms in total. The first-order valence-corrected chi connectivity index (χ1v) is 11.3. The Morgan fingerprint density at radius 2 is 1.79 bits per heavy atom. The van der Waals surface area contributed by atoms with Crippen molar-refractivity contribution < 1.29 is 4.79 Å². The van der Waals surface area contributed by atoms with E-state index in [-0.39, 0.29) is 18.0 Å². The van der Waals surface area contributed by atoms with Crippen molar-refractivity contribution >= 4 is 27.5 Å². The molecule has 1 amide bonds. The third kappa shape index (κ3) is 3.87. The molecule has 2 aliphatic rings. The lowest BCUT2D eigenvalue weighted by molar-refractivity contribution is -0.131. The highest BCUT2D eigenvalue weighted by Crippen LogP contribution is 2.33. The number of fused-ring (bicyclic) bond motifs is 3. The maximum Gasteiger partial charge on any atom is 0.263 e. The highest BCUT2D eigenvalue weighted by Gasteiger charge is 2.24. The van der Waals surface area contributed by atoms with Crippen molar-refractivity contribution in [3.05, 3.63) is 26.6 Å². The Labute approximate surface area is 170 Å². The van der Waals surface area contributed by atoms with Crippen LogP contribution in [0.5, 0.6) is 0 Å². The number of hydrogen-bond donors (Lipinski definition) is 0. The van der Waals surface area contributed by atoms with E-state index in [1.807, 2.05) is 23.9 Å². The van der Waals surface area contributed by atoms with Gasteiger partial charge in [-0.15, -0.1) is 11.3 Å². The zero-order valence-corrected chi connectivity index (χ0v) is 17.8. The van der Waals surface area contributed by atoms with Gasteiger partial charge < -0.3 is 9.80 Å². The van der Waals surface area contributed by atoms with E-state index in [1.54, 1.807) is 15.9 Å². The Hall–Kier alpha value is -1.73. The van der Waals surface area contributed by atoms with Crippen LogP contribution in [-0.4, -0.2) is 52.4 Å². The molecule has 28 heavy (non-hydrogen) atoms. The average Bonchev–Trinajstić information content (AvgIpc) is 2.84. The van der Waals surface area contributed by atoms with Gasteiger partial charge in [-0.1, -0.05) is 12.8 Å². The fraction of sp³-hybridized carbons (Fsp3) is 0.667. The van der Waals surface area contributed by atoms with E-state index in [9.17, 15) is 9.59 Å². The van der Waals surface area contributed by atoms with Crippen LogP contribution in [-0.2, 0) is 30.7 Å². The van der Waals surface area contributed by atoms with Gasteiger partial charge in [-0.3, -0.25) is 14.2 Å². The molecule has 0 unspecified atom stereocenters. The first-order valence-electron chi connectivity index (χ1n) is 10.5. The Morgan fingerprint density at radius 1 is 1.07 bits per heavy atom. The molecule has 2 aromatic heterocycles. The Balaban J connectivity index is 1.75. The third-order valence-electron chi connectivity index (χ3n) is 5.86. The van der Waals surface area contributed by atoms with Crippen molar-refractivity contribution in [1.29, 1.82) is 0 Å². The van der Waals surface area contributed by atoms with Gasteiger partial charge in [0.25, 0.3) is 5.56 Å². The third-order valence-corrected chi connectivity index (χ3v) is 7.05. The van der Waals surface area contributed by atoms with Crippen molar-refractivity contribution in [1.82, 2.24) is 19.4 Å². The van der Waals surface area contributed by atoms with Crippen molar-refractivity contribution in [3.63, 3.8) is 0 Å². The van der Waals surface area contributed by atoms with E-state index in [0.717, 1.165) is 55.4 Å². The maximum atomic E-state index is 13.5. The summed E-state index contributed by atoms with van der Waals surface area (Å²) in [7, 11) is 3.94. The topological polar surface area (TPSA) is 58.4 Å². The summed E-state index contributed by atoms with van der Waals surface area (Å²) in [5.74, 6) is 0.749. The van der Waals surface area contributed by atoms with Crippen LogP contribution in [0.4, 0.5) is 0 Å². The number of thiophene rings is 1. The van der Waals surface area contributed by atoms with Crippen LogP contribution in [0.15, 0.2) is 4.79 Å². The second-order valence-electron chi connectivity index (χ2n) is 8.34. The van der Waals surface area contributed by atoms with Gasteiger partial charge in [0.15, 0.2) is 0 Å². The van der Waals surface area contributed by atoms with E-state index in [1.165, 1.54) is 29.7 Å². The lowest BCUT2D eigenvalue weighted by Gasteiger charge is -2.22. The molecule has 0 saturated carbocycles. The SMILES string of the molecule is CN(C)Cc1nc2sc3c(c2c(=O)n1CC(=O)N1CCCCCC1)CCCC3. The number of nitrogens with zero attached hydrogens (tertiary/aromatic N) is 4. The average molecular weight is 403 g/mol. The van der Waals surface area contributed by atoms with E-state index in [0.29, 0.717) is 12.4 Å². The quantitative estimate of drug-likeness (QED) is 0.789. The van der Waals surface area contributed by atoms with Crippen LogP contribution in [0.3, 0.4) is 0 Å². The molecule has 1 aliphatic heterocycles. The summed E-state index contributed by atoms with van der Waals surface area (Å²) in [4.78, 5) is 37.5. The predicted molar refractivity (Wildman–Crippen MR) is 113 cm³/mol.